The summed E-state index contributed by atoms with van der Waals surface area (Å²) in [5.74, 6) is 0.115. The highest BCUT2D eigenvalue weighted by Gasteiger charge is 2.36. The van der Waals surface area contributed by atoms with Gasteiger partial charge in [0.1, 0.15) is 0 Å². The summed E-state index contributed by atoms with van der Waals surface area (Å²) in [6.07, 6.45) is 4.11. The lowest BCUT2D eigenvalue weighted by Crippen LogP contribution is -2.40. The third kappa shape index (κ3) is 2.68. The first-order valence-corrected chi connectivity index (χ1v) is 7.02. The number of hydrogen-bond donors (Lipinski definition) is 2. The molecule has 0 heterocycles. The van der Waals surface area contributed by atoms with E-state index in [1.165, 1.54) is 6.42 Å². The molecule has 1 amide bonds. The van der Waals surface area contributed by atoms with Crippen LogP contribution in [0.3, 0.4) is 0 Å². The van der Waals surface area contributed by atoms with Gasteiger partial charge in [0.05, 0.1) is 5.92 Å². The number of carbonyl (C=O) groups excluding carboxylic acids is 1. The Morgan fingerprint density at radius 3 is 2.22 bits per heavy atom. The molecule has 0 aromatic carbocycles. The highest BCUT2D eigenvalue weighted by molar-refractivity contribution is 5.81. The van der Waals surface area contributed by atoms with Crippen LogP contribution in [-0.2, 0) is 9.59 Å². The number of hydrogen-bond acceptors (Lipinski definition) is 2. The van der Waals surface area contributed by atoms with Crippen LogP contribution in [0.4, 0.5) is 0 Å². The van der Waals surface area contributed by atoms with Gasteiger partial charge in [0.2, 0.25) is 5.91 Å². The van der Waals surface area contributed by atoms with Gasteiger partial charge in [-0.3, -0.25) is 9.59 Å². The van der Waals surface area contributed by atoms with Gasteiger partial charge in [-0.15, -0.1) is 0 Å². The third-order valence-corrected chi connectivity index (χ3v) is 4.95. The second kappa shape index (κ2) is 5.29. The minimum Gasteiger partial charge on any atom is -0.481 e. The lowest BCUT2D eigenvalue weighted by atomic mass is 9.97. The van der Waals surface area contributed by atoms with Crippen LogP contribution in [0.25, 0.3) is 0 Å². The van der Waals surface area contributed by atoms with Crippen LogP contribution in [0.2, 0.25) is 0 Å². The van der Waals surface area contributed by atoms with Crippen LogP contribution in [-0.4, -0.2) is 23.0 Å². The van der Waals surface area contributed by atoms with Gasteiger partial charge in [-0.05, 0) is 43.9 Å². The van der Waals surface area contributed by atoms with Crippen molar-refractivity contribution in [3.8, 4) is 0 Å². The summed E-state index contributed by atoms with van der Waals surface area (Å²) in [6.45, 7) is 4.42. The van der Waals surface area contributed by atoms with E-state index in [4.69, 9.17) is 5.11 Å². The van der Waals surface area contributed by atoms with E-state index >= 15 is 0 Å². The SMILES string of the molecule is CC1CCC(NC(=O)[C@@H]2CC[C@H](C(=O)O)C2)C1C. The second-order valence-corrected chi connectivity index (χ2v) is 6.07. The fourth-order valence-corrected chi connectivity index (χ4v) is 3.31. The van der Waals surface area contributed by atoms with E-state index in [-0.39, 0.29) is 23.8 Å². The standard InChI is InChI=1S/C14H23NO3/c1-8-3-6-12(9(8)2)15-13(16)10-4-5-11(7-10)14(17)18/h8-12H,3-7H2,1-2H3,(H,15,16)(H,17,18)/t8?,9?,10-,11+,12?/m1/s1. The summed E-state index contributed by atoms with van der Waals surface area (Å²) in [5, 5.41) is 12.1. The van der Waals surface area contributed by atoms with E-state index in [9.17, 15) is 9.59 Å². The topological polar surface area (TPSA) is 66.4 Å². The summed E-state index contributed by atoms with van der Waals surface area (Å²) in [4.78, 5) is 23.0. The predicted octanol–water partition coefficient (Wildman–Crippen LogP) is 2.04. The van der Waals surface area contributed by atoms with Crippen molar-refractivity contribution in [3.05, 3.63) is 0 Å². The minimum absolute atomic E-state index is 0.0738. The van der Waals surface area contributed by atoms with Crippen LogP contribution >= 0.6 is 0 Å². The molecule has 102 valence electrons. The number of amides is 1. The Morgan fingerprint density at radius 1 is 1.06 bits per heavy atom. The van der Waals surface area contributed by atoms with E-state index in [0.29, 0.717) is 24.7 Å². The normalized spacial score (nSPS) is 39.8. The zero-order valence-corrected chi connectivity index (χ0v) is 11.2. The van der Waals surface area contributed by atoms with Crippen LogP contribution < -0.4 is 5.32 Å². The quantitative estimate of drug-likeness (QED) is 0.809. The first-order valence-electron chi connectivity index (χ1n) is 7.02. The summed E-state index contributed by atoms with van der Waals surface area (Å²) in [5.41, 5.74) is 0. The number of aliphatic carboxylic acids is 1. The summed E-state index contributed by atoms with van der Waals surface area (Å²) < 4.78 is 0. The fraction of sp³-hybridized carbons (Fsp3) is 0.857. The first kappa shape index (κ1) is 13.4. The lowest BCUT2D eigenvalue weighted by molar-refractivity contribution is -0.141. The van der Waals surface area contributed by atoms with Gasteiger partial charge < -0.3 is 10.4 Å². The molecule has 0 aromatic heterocycles. The Hall–Kier alpha value is -1.06. The molecular weight excluding hydrogens is 230 g/mol. The van der Waals surface area contributed by atoms with Gasteiger partial charge in [0.15, 0.2) is 0 Å². The molecule has 2 fully saturated rings. The van der Waals surface area contributed by atoms with E-state index in [1.807, 2.05) is 0 Å². The molecule has 0 bridgehead atoms. The number of nitrogens with one attached hydrogen (secondary N) is 1. The van der Waals surface area contributed by atoms with Crippen molar-refractivity contribution < 1.29 is 14.7 Å². The molecule has 2 saturated carbocycles. The third-order valence-electron chi connectivity index (χ3n) is 4.95. The Kier molecular flexibility index (Phi) is 3.93. The molecule has 18 heavy (non-hydrogen) atoms. The number of carboxylic acid groups (broad SMARTS) is 1. The molecule has 3 unspecified atom stereocenters. The maximum Gasteiger partial charge on any atom is 0.306 e. The van der Waals surface area contributed by atoms with Gasteiger partial charge in [-0.1, -0.05) is 13.8 Å². The summed E-state index contributed by atoms with van der Waals surface area (Å²) >= 11 is 0. The van der Waals surface area contributed by atoms with Crippen molar-refractivity contribution in [2.75, 3.05) is 0 Å². The number of rotatable bonds is 3. The molecule has 0 spiro atoms. The maximum atomic E-state index is 12.1. The van der Waals surface area contributed by atoms with Gasteiger partial charge in [-0.2, -0.15) is 0 Å². The van der Waals surface area contributed by atoms with Crippen molar-refractivity contribution >= 4 is 11.9 Å². The van der Waals surface area contributed by atoms with E-state index < -0.39 is 5.97 Å². The Balaban J connectivity index is 1.84. The van der Waals surface area contributed by atoms with Crippen LogP contribution in [0, 0.1) is 23.7 Å². The average molecular weight is 253 g/mol. The van der Waals surface area contributed by atoms with Gasteiger partial charge >= 0.3 is 5.97 Å². The van der Waals surface area contributed by atoms with E-state index in [0.717, 1.165) is 12.8 Å². The largest absolute Gasteiger partial charge is 0.481 e. The molecule has 4 heteroatoms. The molecule has 0 aromatic rings. The monoisotopic (exact) mass is 253 g/mol. The van der Waals surface area contributed by atoms with Crippen molar-refractivity contribution in [2.45, 2.75) is 52.0 Å². The molecule has 0 radical (unpaired) electrons. The van der Waals surface area contributed by atoms with Crippen molar-refractivity contribution in [1.29, 1.82) is 0 Å². The van der Waals surface area contributed by atoms with Gasteiger partial charge in [0.25, 0.3) is 0 Å². The highest BCUT2D eigenvalue weighted by Crippen LogP contribution is 2.34. The average Bonchev–Trinajstić information content (AvgIpc) is 2.91. The second-order valence-electron chi connectivity index (χ2n) is 6.07. The molecule has 2 aliphatic rings. The van der Waals surface area contributed by atoms with Crippen molar-refractivity contribution in [2.24, 2.45) is 23.7 Å². The van der Waals surface area contributed by atoms with Gasteiger partial charge in [-0.25, -0.2) is 0 Å². The predicted molar refractivity (Wildman–Crippen MR) is 68.0 cm³/mol. The Morgan fingerprint density at radius 2 is 1.72 bits per heavy atom. The van der Waals surface area contributed by atoms with Crippen LogP contribution in [0.5, 0.6) is 0 Å². The molecule has 0 saturated heterocycles. The summed E-state index contributed by atoms with van der Waals surface area (Å²) in [7, 11) is 0. The smallest absolute Gasteiger partial charge is 0.306 e. The van der Waals surface area contributed by atoms with Crippen molar-refractivity contribution in [1.82, 2.24) is 5.32 Å². The molecule has 0 aliphatic heterocycles. The molecule has 2 N–H and O–H groups in total. The van der Waals surface area contributed by atoms with E-state index in [1.54, 1.807) is 0 Å². The fourth-order valence-electron chi connectivity index (χ4n) is 3.31. The lowest BCUT2D eigenvalue weighted by Gasteiger charge is -2.21. The number of carbonyl (C=O) groups is 2. The molecule has 5 atom stereocenters. The zero-order chi connectivity index (χ0) is 13.3. The molecule has 4 nitrogen and oxygen atoms in total. The maximum absolute atomic E-state index is 12.1. The van der Waals surface area contributed by atoms with Crippen LogP contribution in [0.1, 0.15) is 46.0 Å². The Bertz CT molecular complexity index is 342. The van der Waals surface area contributed by atoms with Crippen molar-refractivity contribution in [3.63, 3.8) is 0 Å². The Labute approximate surface area is 108 Å². The molecule has 2 rings (SSSR count). The van der Waals surface area contributed by atoms with Crippen LogP contribution in [0.15, 0.2) is 0 Å². The minimum atomic E-state index is -0.756. The molecular formula is C14H23NO3. The van der Waals surface area contributed by atoms with E-state index in [2.05, 4.69) is 19.2 Å². The summed E-state index contributed by atoms with van der Waals surface area (Å²) in [6, 6.07) is 0.288. The zero-order valence-electron chi connectivity index (χ0n) is 11.2. The first-order chi connectivity index (χ1) is 8.49. The highest BCUT2D eigenvalue weighted by atomic mass is 16.4. The number of carboxylic acids is 1. The molecule has 2 aliphatic carbocycles. The van der Waals surface area contributed by atoms with Gasteiger partial charge in [0, 0.05) is 12.0 Å².